The quantitative estimate of drug-likeness (QED) is 0.867. The zero-order valence-corrected chi connectivity index (χ0v) is 10.0. The molecule has 3 N–H and O–H groups in total. The highest BCUT2D eigenvalue weighted by Gasteiger charge is 2.07. The van der Waals surface area contributed by atoms with Gasteiger partial charge in [0.25, 0.3) is 5.91 Å². The Hall–Kier alpha value is -1.72. The maximum absolute atomic E-state index is 11.8. The lowest BCUT2D eigenvalue weighted by atomic mass is 10.2. The van der Waals surface area contributed by atoms with Crippen LogP contribution in [-0.4, -0.2) is 17.4 Å². The number of nitrogens with two attached hydrogens (primary N) is 1. The van der Waals surface area contributed by atoms with E-state index in [0.717, 1.165) is 12.1 Å². The Morgan fingerprint density at radius 3 is 2.82 bits per heavy atom. The molecule has 2 rings (SSSR count). The number of hydrogen-bond acceptors (Lipinski definition) is 4. The molecule has 0 aliphatic carbocycles. The Labute approximate surface area is 103 Å². The van der Waals surface area contributed by atoms with E-state index in [2.05, 4.69) is 10.3 Å². The third kappa shape index (κ3) is 3.12. The molecule has 1 amide bonds. The second-order valence-electron chi connectivity index (χ2n) is 3.50. The summed E-state index contributed by atoms with van der Waals surface area (Å²) in [5.41, 5.74) is 6.98. The third-order valence-electron chi connectivity index (χ3n) is 2.21. The lowest BCUT2D eigenvalue weighted by Gasteiger charge is -2.00. The van der Waals surface area contributed by atoms with E-state index >= 15 is 0 Å². The third-order valence-corrected chi connectivity index (χ3v) is 3.02. The molecule has 2 aromatic rings. The highest BCUT2D eigenvalue weighted by Crippen LogP contribution is 2.16. The van der Waals surface area contributed by atoms with Crippen molar-refractivity contribution < 1.29 is 4.79 Å². The van der Waals surface area contributed by atoms with Gasteiger partial charge in [-0.2, -0.15) is 0 Å². The van der Waals surface area contributed by atoms with E-state index < -0.39 is 0 Å². The van der Waals surface area contributed by atoms with Crippen molar-refractivity contribution in [2.75, 3.05) is 11.9 Å². The summed E-state index contributed by atoms with van der Waals surface area (Å²) in [6.45, 7) is 0.565. The van der Waals surface area contributed by atoms with Crippen LogP contribution in [0.25, 0.3) is 0 Å². The Morgan fingerprint density at radius 2 is 2.12 bits per heavy atom. The summed E-state index contributed by atoms with van der Waals surface area (Å²) in [5.74, 6) is -0.140. The molecule has 0 aliphatic rings. The predicted octanol–water partition coefficient (Wildman–Crippen LogP) is 1.90. The molecule has 1 aromatic heterocycles. The van der Waals surface area contributed by atoms with Crippen LogP contribution in [0.5, 0.6) is 0 Å². The van der Waals surface area contributed by atoms with Gasteiger partial charge in [-0.15, -0.1) is 11.3 Å². The first-order valence-electron chi connectivity index (χ1n) is 5.30. The Bertz CT molecular complexity index is 495. The summed E-state index contributed by atoms with van der Waals surface area (Å²) in [4.78, 5) is 16.1. The van der Waals surface area contributed by atoms with E-state index in [0.29, 0.717) is 17.2 Å². The molecule has 0 unspecified atom stereocenters. The van der Waals surface area contributed by atoms with Crippen molar-refractivity contribution >= 4 is 22.4 Å². The summed E-state index contributed by atoms with van der Waals surface area (Å²) in [6.07, 6.45) is 0.734. The van der Waals surface area contributed by atoms with Gasteiger partial charge in [0, 0.05) is 17.4 Å². The summed E-state index contributed by atoms with van der Waals surface area (Å²) < 4.78 is 0. The smallest absolute Gasteiger partial charge is 0.257 e. The van der Waals surface area contributed by atoms with Crippen LogP contribution in [0.3, 0.4) is 0 Å². The Kier molecular flexibility index (Phi) is 3.85. The van der Waals surface area contributed by atoms with Gasteiger partial charge >= 0.3 is 0 Å². The van der Waals surface area contributed by atoms with Crippen molar-refractivity contribution in [2.45, 2.75) is 6.42 Å². The van der Waals surface area contributed by atoms with Crippen LogP contribution in [0.4, 0.5) is 5.13 Å². The van der Waals surface area contributed by atoms with Crippen LogP contribution >= 0.6 is 11.3 Å². The van der Waals surface area contributed by atoms with Gasteiger partial charge in [0.2, 0.25) is 0 Å². The number of carbonyl (C=O) groups is 1. The number of benzene rings is 1. The lowest BCUT2D eigenvalue weighted by Crippen LogP contribution is -2.11. The number of carbonyl (C=O) groups excluding carboxylic acids is 1. The molecule has 4 nitrogen and oxygen atoms in total. The molecule has 0 aliphatic heterocycles. The Balaban J connectivity index is 2.03. The summed E-state index contributed by atoms with van der Waals surface area (Å²) >= 11 is 1.41. The molecule has 1 heterocycles. The molecule has 5 heteroatoms. The van der Waals surface area contributed by atoms with Gasteiger partial charge < -0.3 is 5.73 Å². The molecule has 17 heavy (non-hydrogen) atoms. The van der Waals surface area contributed by atoms with E-state index in [-0.39, 0.29) is 5.91 Å². The second-order valence-corrected chi connectivity index (χ2v) is 4.36. The number of aromatic nitrogens is 1. The summed E-state index contributed by atoms with van der Waals surface area (Å²) in [6, 6.07) is 9.07. The molecule has 0 radical (unpaired) electrons. The number of nitrogens with zero attached hydrogens (tertiary/aromatic N) is 1. The lowest BCUT2D eigenvalue weighted by molar-refractivity contribution is 0.102. The number of hydrogen-bond donors (Lipinski definition) is 2. The molecule has 0 saturated carbocycles. The highest BCUT2D eigenvalue weighted by molar-refractivity contribution is 7.13. The van der Waals surface area contributed by atoms with E-state index in [1.807, 2.05) is 23.6 Å². The zero-order valence-electron chi connectivity index (χ0n) is 9.22. The molecular weight excluding hydrogens is 234 g/mol. The normalized spacial score (nSPS) is 10.2. The first-order valence-corrected chi connectivity index (χ1v) is 6.18. The van der Waals surface area contributed by atoms with Gasteiger partial charge in [-0.25, -0.2) is 4.98 Å². The number of nitrogens with one attached hydrogen (secondary N) is 1. The van der Waals surface area contributed by atoms with Crippen LogP contribution in [0.15, 0.2) is 35.7 Å². The summed E-state index contributed by atoms with van der Waals surface area (Å²) in [7, 11) is 0. The minimum absolute atomic E-state index is 0.140. The van der Waals surface area contributed by atoms with E-state index in [4.69, 9.17) is 5.73 Å². The number of amides is 1. The Morgan fingerprint density at radius 1 is 1.35 bits per heavy atom. The average Bonchev–Trinajstić information content (AvgIpc) is 2.78. The van der Waals surface area contributed by atoms with Crippen LogP contribution in [-0.2, 0) is 6.42 Å². The van der Waals surface area contributed by atoms with Gasteiger partial charge in [0.05, 0.1) is 5.69 Å². The van der Waals surface area contributed by atoms with E-state index in [1.54, 1.807) is 12.1 Å². The molecule has 0 saturated heterocycles. The molecule has 1 aromatic carbocycles. The topological polar surface area (TPSA) is 68.0 Å². The van der Waals surface area contributed by atoms with Gasteiger partial charge in [0.1, 0.15) is 0 Å². The van der Waals surface area contributed by atoms with Crippen LogP contribution < -0.4 is 11.1 Å². The molecule has 0 fully saturated rings. The van der Waals surface area contributed by atoms with Crippen molar-refractivity contribution in [1.29, 1.82) is 0 Å². The van der Waals surface area contributed by atoms with Crippen LogP contribution in [0, 0.1) is 0 Å². The van der Waals surface area contributed by atoms with Crippen LogP contribution in [0.1, 0.15) is 16.1 Å². The maximum Gasteiger partial charge on any atom is 0.257 e. The average molecular weight is 247 g/mol. The van der Waals surface area contributed by atoms with E-state index in [1.165, 1.54) is 11.3 Å². The van der Waals surface area contributed by atoms with Gasteiger partial charge in [-0.05, 0) is 18.7 Å². The largest absolute Gasteiger partial charge is 0.330 e. The fraction of sp³-hybridized carbons (Fsp3) is 0.167. The van der Waals surface area contributed by atoms with Gasteiger partial charge in [0.15, 0.2) is 5.13 Å². The fourth-order valence-corrected chi connectivity index (χ4v) is 2.13. The minimum atomic E-state index is -0.140. The van der Waals surface area contributed by atoms with Gasteiger partial charge in [-0.3, -0.25) is 10.1 Å². The monoisotopic (exact) mass is 247 g/mol. The first kappa shape index (κ1) is 11.8. The molecular formula is C12H13N3OS. The van der Waals surface area contributed by atoms with Crippen molar-refractivity contribution in [1.82, 2.24) is 4.98 Å². The van der Waals surface area contributed by atoms with Crippen molar-refractivity contribution in [3.8, 4) is 0 Å². The van der Waals surface area contributed by atoms with Crippen molar-refractivity contribution in [2.24, 2.45) is 5.73 Å². The predicted molar refractivity (Wildman–Crippen MR) is 69.3 cm³/mol. The van der Waals surface area contributed by atoms with Gasteiger partial charge in [-0.1, -0.05) is 18.2 Å². The van der Waals surface area contributed by atoms with Crippen LogP contribution in [0.2, 0.25) is 0 Å². The molecule has 0 bridgehead atoms. The molecule has 0 atom stereocenters. The van der Waals surface area contributed by atoms with Crippen molar-refractivity contribution in [3.05, 3.63) is 47.0 Å². The van der Waals surface area contributed by atoms with Crippen molar-refractivity contribution in [3.63, 3.8) is 0 Å². The highest BCUT2D eigenvalue weighted by atomic mass is 32.1. The molecule has 88 valence electrons. The van der Waals surface area contributed by atoms with E-state index in [9.17, 15) is 4.79 Å². The SMILES string of the molecule is NCCc1csc(NC(=O)c2ccccc2)n1. The standard InChI is InChI=1S/C12H13N3OS/c13-7-6-10-8-17-12(14-10)15-11(16)9-4-2-1-3-5-9/h1-5,8H,6-7,13H2,(H,14,15,16). The number of rotatable bonds is 4. The fourth-order valence-electron chi connectivity index (χ4n) is 1.39. The first-order chi connectivity index (χ1) is 8.29. The second kappa shape index (κ2) is 5.56. The number of thiazole rings is 1. The number of anilines is 1. The summed E-state index contributed by atoms with van der Waals surface area (Å²) in [5, 5.41) is 5.29. The minimum Gasteiger partial charge on any atom is -0.330 e. The molecule has 0 spiro atoms. The zero-order chi connectivity index (χ0) is 12.1. The maximum atomic E-state index is 11.8.